The lowest BCUT2D eigenvalue weighted by molar-refractivity contribution is 0.0209. The summed E-state index contributed by atoms with van der Waals surface area (Å²) in [6.07, 6.45) is 5.23. The number of esters is 1. The number of hydrogen-bond donors (Lipinski definition) is 0. The number of carbonyl (C=O) groups excluding carboxylic acids is 1. The van der Waals surface area contributed by atoms with Crippen molar-refractivity contribution in [3.8, 4) is 0 Å². The molecule has 1 aromatic rings. The maximum atomic E-state index is 13.1. The predicted molar refractivity (Wildman–Crippen MR) is 66.4 cm³/mol. The maximum absolute atomic E-state index is 13.1. The van der Waals surface area contributed by atoms with Crippen molar-refractivity contribution in [2.24, 2.45) is 0 Å². The number of rotatable bonds is 2. The Hall–Kier alpha value is -0.900. The second-order valence-corrected chi connectivity index (χ2v) is 5.14. The van der Waals surface area contributed by atoms with E-state index in [-0.39, 0.29) is 11.7 Å². The Bertz CT molecular complexity index is 414. The second-order valence-electron chi connectivity index (χ2n) is 4.29. The minimum atomic E-state index is -0.441. The van der Waals surface area contributed by atoms with Crippen LogP contribution in [-0.2, 0) is 4.74 Å². The van der Waals surface area contributed by atoms with Gasteiger partial charge in [-0.3, -0.25) is 0 Å². The Morgan fingerprint density at radius 1 is 1.29 bits per heavy atom. The molecule has 0 atom stereocenters. The molecule has 1 saturated carbocycles. The van der Waals surface area contributed by atoms with Crippen LogP contribution >= 0.6 is 15.9 Å². The number of ether oxygens (including phenoxy) is 1. The molecule has 0 amide bonds. The fourth-order valence-electron chi connectivity index (χ4n) is 2.05. The van der Waals surface area contributed by atoms with E-state index in [1.807, 2.05) is 0 Å². The van der Waals surface area contributed by atoms with Gasteiger partial charge in [0.25, 0.3) is 0 Å². The largest absolute Gasteiger partial charge is 0.459 e. The van der Waals surface area contributed by atoms with Crippen molar-refractivity contribution in [3.63, 3.8) is 0 Å². The lowest BCUT2D eigenvalue weighted by Gasteiger charge is -2.22. The van der Waals surface area contributed by atoms with E-state index in [9.17, 15) is 9.18 Å². The molecule has 0 aromatic heterocycles. The van der Waals surface area contributed by atoms with Gasteiger partial charge in [-0.25, -0.2) is 9.18 Å². The molecule has 1 fully saturated rings. The van der Waals surface area contributed by atoms with E-state index in [1.54, 1.807) is 0 Å². The highest BCUT2D eigenvalue weighted by Gasteiger charge is 2.20. The SMILES string of the molecule is O=C(OC1CCCCC1)c1cc(F)ccc1Br. The second kappa shape index (κ2) is 5.63. The summed E-state index contributed by atoms with van der Waals surface area (Å²) in [5.74, 6) is -0.868. The molecule has 1 aliphatic carbocycles. The third-order valence-corrected chi connectivity index (χ3v) is 3.67. The fourth-order valence-corrected chi connectivity index (χ4v) is 2.46. The topological polar surface area (TPSA) is 26.3 Å². The minimum Gasteiger partial charge on any atom is -0.459 e. The third kappa shape index (κ3) is 3.28. The average Bonchev–Trinajstić information content (AvgIpc) is 2.33. The van der Waals surface area contributed by atoms with Crippen molar-refractivity contribution in [2.45, 2.75) is 38.2 Å². The summed E-state index contributed by atoms with van der Waals surface area (Å²) in [4.78, 5) is 11.9. The average molecular weight is 301 g/mol. The summed E-state index contributed by atoms with van der Waals surface area (Å²) in [6.45, 7) is 0. The van der Waals surface area contributed by atoms with Crippen molar-refractivity contribution in [3.05, 3.63) is 34.1 Å². The lowest BCUT2D eigenvalue weighted by atomic mass is 9.98. The summed E-state index contributed by atoms with van der Waals surface area (Å²) >= 11 is 3.23. The molecule has 0 saturated heterocycles. The number of carbonyl (C=O) groups is 1. The standard InChI is InChI=1S/C13H14BrFO2/c14-12-7-6-9(15)8-11(12)13(16)17-10-4-2-1-3-5-10/h6-8,10H,1-5H2. The number of benzene rings is 1. The zero-order valence-electron chi connectivity index (χ0n) is 9.42. The summed E-state index contributed by atoms with van der Waals surface area (Å²) in [5.41, 5.74) is 0.260. The van der Waals surface area contributed by atoms with E-state index in [2.05, 4.69) is 15.9 Å². The van der Waals surface area contributed by atoms with Crippen LogP contribution in [0.1, 0.15) is 42.5 Å². The summed E-state index contributed by atoms with van der Waals surface area (Å²) < 4.78 is 19.0. The Balaban J connectivity index is 2.05. The van der Waals surface area contributed by atoms with Gasteiger partial charge in [0.15, 0.2) is 0 Å². The van der Waals surface area contributed by atoms with Crippen LogP contribution < -0.4 is 0 Å². The first-order chi connectivity index (χ1) is 8.16. The van der Waals surface area contributed by atoms with Gasteiger partial charge in [0.2, 0.25) is 0 Å². The zero-order chi connectivity index (χ0) is 12.3. The summed E-state index contributed by atoms with van der Waals surface area (Å²) in [6, 6.07) is 4.03. The van der Waals surface area contributed by atoms with Gasteiger partial charge in [0, 0.05) is 4.47 Å². The van der Waals surface area contributed by atoms with Crippen LogP contribution in [0.3, 0.4) is 0 Å². The molecule has 0 N–H and O–H groups in total. The molecule has 1 aliphatic rings. The van der Waals surface area contributed by atoms with Gasteiger partial charge in [0.05, 0.1) is 5.56 Å². The van der Waals surface area contributed by atoms with Gasteiger partial charge in [-0.1, -0.05) is 6.42 Å². The Labute approximate surface area is 108 Å². The van der Waals surface area contributed by atoms with Gasteiger partial charge in [-0.2, -0.15) is 0 Å². The van der Waals surface area contributed by atoms with Gasteiger partial charge >= 0.3 is 5.97 Å². The zero-order valence-corrected chi connectivity index (χ0v) is 11.0. The quantitative estimate of drug-likeness (QED) is 0.769. The first-order valence-corrected chi connectivity index (χ1v) is 6.62. The van der Waals surface area contributed by atoms with Crippen LogP contribution in [0.25, 0.3) is 0 Å². The van der Waals surface area contributed by atoms with Crippen LogP contribution in [-0.4, -0.2) is 12.1 Å². The smallest absolute Gasteiger partial charge is 0.339 e. The molecule has 0 unspecified atom stereocenters. The lowest BCUT2D eigenvalue weighted by Crippen LogP contribution is -2.21. The van der Waals surface area contributed by atoms with E-state index >= 15 is 0 Å². The summed E-state index contributed by atoms with van der Waals surface area (Å²) in [5, 5.41) is 0. The van der Waals surface area contributed by atoms with Crippen LogP contribution in [0, 0.1) is 5.82 Å². The van der Waals surface area contributed by atoms with Crippen LogP contribution in [0.2, 0.25) is 0 Å². The molecule has 2 rings (SSSR count). The van der Waals surface area contributed by atoms with Crippen LogP contribution in [0.4, 0.5) is 4.39 Å². The van der Waals surface area contributed by atoms with Gasteiger partial charge in [0.1, 0.15) is 11.9 Å². The van der Waals surface area contributed by atoms with Crippen molar-refractivity contribution >= 4 is 21.9 Å². The molecule has 0 radical (unpaired) electrons. The Morgan fingerprint density at radius 3 is 2.71 bits per heavy atom. The molecule has 17 heavy (non-hydrogen) atoms. The van der Waals surface area contributed by atoms with E-state index in [4.69, 9.17) is 4.74 Å². The van der Waals surface area contributed by atoms with Gasteiger partial charge in [-0.05, 0) is 59.8 Å². The highest BCUT2D eigenvalue weighted by atomic mass is 79.9. The number of hydrogen-bond acceptors (Lipinski definition) is 2. The Kier molecular flexibility index (Phi) is 4.15. The molecule has 0 spiro atoms. The third-order valence-electron chi connectivity index (χ3n) is 2.97. The van der Waals surface area contributed by atoms with Gasteiger partial charge in [-0.15, -0.1) is 0 Å². The van der Waals surface area contributed by atoms with E-state index in [1.165, 1.54) is 24.6 Å². The molecule has 0 heterocycles. The summed E-state index contributed by atoms with van der Waals surface area (Å²) in [7, 11) is 0. The molecule has 2 nitrogen and oxygen atoms in total. The van der Waals surface area contributed by atoms with Crippen LogP contribution in [0.15, 0.2) is 22.7 Å². The van der Waals surface area contributed by atoms with Gasteiger partial charge < -0.3 is 4.74 Å². The van der Waals surface area contributed by atoms with E-state index in [0.29, 0.717) is 4.47 Å². The normalized spacial score (nSPS) is 16.8. The molecule has 1 aromatic carbocycles. The van der Waals surface area contributed by atoms with E-state index < -0.39 is 11.8 Å². The fraction of sp³-hybridized carbons (Fsp3) is 0.462. The minimum absolute atomic E-state index is 0.00795. The maximum Gasteiger partial charge on any atom is 0.339 e. The number of halogens is 2. The molecular formula is C13H14BrFO2. The van der Waals surface area contributed by atoms with Crippen molar-refractivity contribution in [2.75, 3.05) is 0 Å². The van der Waals surface area contributed by atoms with Crippen molar-refractivity contribution < 1.29 is 13.9 Å². The van der Waals surface area contributed by atoms with E-state index in [0.717, 1.165) is 25.7 Å². The highest BCUT2D eigenvalue weighted by Crippen LogP contribution is 2.24. The first kappa shape index (κ1) is 12.6. The molecule has 92 valence electrons. The molecular weight excluding hydrogens is 287 g/mol. The van der Waals surface area contributed by atoms with Crippen molar-refractivity contribution in [1.29, 1.82) is 0 Å². The molecule has 0 aliphatic heterocycles. The first-order valence-electron chi connectivity index (χ1n) is 5.83. The Morgan fingerprint density at radius 2 is 2.00 bits per heavy atom. The van der Waals surface area contributed by atoms with Crippen molar-refractivity contribution in [1.82, 2.24) is 0 Å². The monoisotopic (exact) mass is 300 g/mol. The molecule has 4 heteroatoms. The highest BCUT2D eigenvalue weighted by molar-refractivity contribution is 9.10. The van der Waals surface area contributed by atoms with Crippen LogP contribution in [0.5, 0.6) is 0 Å². The predicted octanol–water partition coefficient (Wildman–Crippen LogP) is 4.08. The molecule has 0 bridgehead atoms.